The normalized spacial score (nSPS) is 53.6. The molecule has 2 bridgehead atoms. The van der Waals surface area contributed by atoms with Gasteiger partial charge in [0.2, 0.25) is 5.60 Å². The Bertz CT molecular complexity index is 691. The van der Waals surface area contributed by atoms with Crippen molar-refractivity contribution < 1.29 is 43.9 Å². The molecule has 0 aromatic rings. The highest BCUT2D eigenvalue weighted by molar-refractivity contribution is 5.97. The number of carbonyl (C=O) groups excluding carboxylic acids is 3. The van der Waals surface area contributed by atoms with Crippen LogP contribution in [-0.2, 0) is 28.6 Å². The topological polar surface area (TPSA) is 140 Å². The van der Waals surface area contributed by atoms with Crippen LogP contribution in [0.5, 0.6) is 0 Å². The summed E-state index contributed by atoms with van der Waals surface area (Å²) in [4.78, 5) is 37.3. The molecule has 9 nitrogen and oxygen atoms in total. The van der Waals surface area contributed by atoms with Crippen molar-refractivity contribution >= 4 is 17.9 Å². The van der Waals surface area contributed by atoms with E-state index < -0.39 is 58.8 Å². The van der Waals surface area contributed by atoms with Crippen LogP contribution in [-0.4, -0.2) is 70.4 Å². The number of methoxy groups -OCH3 is 1. The molecule has 2 heterocycles. The van der Waals surface area contributed by atoms with Gasteiger partial charge in [0, 0.05) is 5.41 Å². The first-order chi connectivity index (χ1) is 11.6. The summed E-state index contributed by atoms with van der Waals surface area (Å²) in [5.41, 5.74) is -8.06. The van der Waals surface area contributed by atoms with Gasteiger partial charge in [-0.1, -0.05) is 6.92 Å². The van der Waals surface area contributed by atoms with Gasteiger partial charge in [0.05, 0.1) is 12.7 Å². The van der Waals surface area contributed by atoms with Crippen LogP contribution in [0, 0.1) is 16.7 Å². The second-order valence-corrected chi connectivity index (χ2v) is 7.61. The standard InChI is InChI=1S/C16H20O9/c1-7-3-4-15(21)13(7)5-8(25-10(18)9(13)17)16(22,12(20)23-2)14(15)6-24-11(14)19/h7-9,17,21-22H,3-6H2,1-2H3/t7-,8+,9-,13-,14+,15+,16+/m0/s1. The lowest BCUT2D eigenvalue weighted by atomic mass is 9.42. The highest BCUT2D eigenvalue weighted by atomic mass is 16.6. The van der Waals surface area contributed by atoms with Gasteiger partial charge in [0.15, 0.2) is 11.5 Å². The molecular weight excluding hydrogens is 336 g/mol. The molecule has 9 heteroatoms. The predicted octanol–water partition coefficient (Wildman–Crippen LogP) is -1.73. The summed E-state index contributed by atoms with van der Waals surface area (Å²) in [6, 6.07) is 0. The summed E-state index contributed by atoms with van der Waals surface area (Å²) in [6.45, 7) is 1.33. The van der Waals surface area contributed by atoms with Gasteiger partial charge in [0.25, 0.3) is 0 Å². The highest BCUT2D eigenvalue weighted by Gasteiger charge is 2.90. The molecule has 0 aromatic heterocycles. The Hall–Kier alpha value is -1.71. The molecule has 25 heavy (non-hydrogen) atoms. The number of hydrogen-bond acceptors (Lipinski definition) is 9. The number of aliphatic hydroxyl groups excluding tert-OH is 1. The minimum atomic E-state index is -2.59. The molecular formula is C16H20O9. The zero-order valence-corrected chi connectivity index (χ0v) is 13.9. The third-order valence-corrected chi connectivity index (χ3v) is 7.17. The Morgan fingerprint density at radius 3 is 2.52 bits per heavy atom. The largest absolute Gasteiger partial charge is 0.467 e. The second-order valence-electron chi connectivity index (χ2n) is 7.61. The number of ether oxygens (including phenoxy) is 3. The Kier molecular flexibility index (Phi) is 3.03. The van der Waals surface area contributed by atoms with Crippen LogP contribution in [0.3, 0.4) is 0 Å². The van der Waals surface area contributed by atoms with E-state index in [4.69, 9.17) is 9.47 Å². The number of esters is 3. The SMILES string of the molecule is COC(=O)[C@]1(O)[C@H]2C[C@]3([C@@H](C)CC[C@]3(O)[C@]13COC3=O)[C@@H](O)C(=O)O2. The van der Waals surface area contributed by atoms with Gasteiger partial charge in [0.1, 0.15) is 12.7 Å². The molecule has 2 aliphatic heterocycles. The zero-order chi connectivity index (χ0) is 18.4. The average Bonchev–Trinajstić information content (AvgIpc) is 2.83. The summed E-state index contributed by atoms with van der Waals surface area (Å²) < 4.78 is 14.7. The second kappa shape index (κ2) is 4.52. The predicted molar refractivity (Wildman–Crippen MR) is 76.6 cm³/mol. The smallest absolute Gasteiger partial charge is 0.343 e. The molecule has 2 saturated carbocycles. The van der Waals surface area contributed by atoms with Crippen LogP contribution >= 0.6 is 0 Å². The quantitative estimate of drug-likeness (QED) is 0.369. The Morgan fingerprint density at radius 1 is 1.32 bits per heavy atom. The van der Waals surface area contributed by atoms with Gasteiger partial charge in [-0.25, -0.2) is 9.59 Å². The maximum Gasteiger partial charge on any atom is 0.343 e. The maximum absolute atomic E-state index is 12.5. The molecule has 2 aliphatic carbocycles. The summed E-state index contributed by atoms with van der Waals surface area (Å²) in [7, 11) is 1.03. The molecule has 2 spiro atoms. The van der Waals surface area contributed by atoms with E-state index in [1.807, 2.05) is 0 Å². The Balaban J connectivity index is 2.03. The Morgan fingerprint density at radius 2 is 2.00 bits per heavy atom. The van der Waals surface area contributed by atoms with E-state index in [-0.39, 0.29) is 18.8 Å². The van der Waals surface area contributed by atoms with E-state index in [2.05, 4.69) is 4.74 Å². The van der Waals surface area contributed by atoms with E-state index >= 15 is 0 Å². The summed E-state index contributed by atoms with van der Waals surface area (Å²) in [5.74, 6) is -3.51. The van der Waals surface area contributed by atoms with Crippen LogP contribution in [0.2, 0.25) is 0 Å². The number of hydrogen-bond donors (Lipinski definition) is 3. The number of aliphatic hydroxyl groups is 3. The fraction of sp³-hybridized carbons (Fsp3) is 0.812. The third-order valence-electron chi connectivity index (χ3n) is 7.17. The van der Waals surface area contributed by atoms with Crippen LogP contribution in [0.15, 0.2) is 0 Å². The highest BCUT2D eigenvalue weighted by Crippen LogP contribution is 2.72. The monoisotopic (exact) mass is 356 g/mol. The lowest BCUT2D eigenvalue weighted by Crippen LogP contribution is -2.88. The summed E-state index contributed by atoms with van der Waals surface area (Å²) in [5, 5.41) is 33.6. The number of carbonyl (C=O) groups is 3. The van der Waals surface area contributed by atoms with Crippen molar-refractivity contribution in [2.24, 2.45) is 16.7 Å². The van der Waals surface area contributed by atoms with Crippen LogP contribution in [0.1, 0.15) is 26.2 Å². The number of cyclic esters (lactones) is 1. The summed E-state index contributed by atoms with van der Waals surface area (Å²) in [6.07, 6.45) is -2.82. The number of rotatable bonds is 1. The first-order valence-electron chi connectivity index (χ1n) is 8.22. The lowest BCUT2D eigenvalue weighted by molar-refractivity contribution is -0.357. The molecule has 0 amide bonds. The minimum Gasteiger partial charge on any atom is -0.467 e. The van der Waals surface area contributed by atoms with Gasteiger partial charge >= 0.3 is 17.9 Å². The molecule has 4 fully saturated rings. The van der Waals surface area contributed by atoms with Crippen molar-refractivity contribution in [1.29, 1.82) is 0 Å². The van der Waals surface area contributed by atoms with E-state index in [1.54, 1.807) is 6.92 Å². The van der Waals surface area contributed by atoms with Crippen molar-refractivity contribution in [3.63, 3.8) is 0 Å². The van der Waals surface area contributed by atoms with E-state index in [0.717, 1.165) is 7.11 Å². The van der Waals surface area contributed by atoms with Gasteiger partial charge < -0.3 is 29.5 Å². The molecule has 0 aromatic carbocycles. The van der Waals surface area contributed by atoms with Crippen molar-refractivity contribution in [1.82, 2.24) is 0 Å². The fourth-order valence-corrected chi connectivity index (χ4v) is 5.79. The first kappa shape index (κ1) is 16.7. The molecule has 2 saturated heterocycles. The van der Waals surface area contributed by atoms with Crippen molar-refractivity contribution in [3.05, 3.63) is 0 Å². The average molecular weight is 356 g/mol. The van der Waals surface area contributed by atoms with E-state index in [1.165, 1.54) is 0 Å². The molecule has 0 radical (unpaired) electrons. The van der Waals surface area contributed by atoms with Crippen LogP contribution in [0.4, 0.5) is 0 Å². The van der Waals surface area contributed by atoms with Gasteiger partial charge in [-0.15, -0.1) is 0 Å². The van der Waals surface area contributed by atoms with Crippen molar-refractivity contribution in [3.8, 4) is 0 Å². The number of fused-ring (bicyclic) bond motifs is 2. The first-order valence-corrected chi connectivity index (χ1v) is 8.22. The van der Waals surface area contributed by atoms with E-state index in [9.17, 15) is 29.7 Å². The van der Waals surface area contributed by atoms with Crippen LogP contribution < -0.4 is 0 Å². The van der Waals surface area contributed by atoms with Crippen molar-refractivity contribution in [2.45, 2.75) is 49.6 Å². The molecule has 138 valence electrons. The molecule has 4 rings (SSSR count). The zero-order valence-electron chi connectivity index (χ0n) is 13.9. The molecule has 4 aliphatic rings. The van der Waals surface area contributed by atoms with Gasteiger partial charge in [-0.05, 0) is 25.2 Å². The molecule has 3 N–H and O–H groups in total. The van der Waals surface area contributed by atoms with E-state index in [0.29, 0.717) is 6.42 Å². The minimum absolute atomic E-state index is 0.0274. The third kappa shape index (κ3) is 1.36. The molecule has 7 atom stereocenters. The van der Waals surface area contributed by atoms with Gasteiger partial charge in [-0.3, -0.25) is 4.79 Å². The van der Waals surface area contributed by atoms with Crippen molar-refractivity contribution in [2.75, 3.05) is 13.7 Å². The Labute approximate surface area is 142 Å². The summed E-state index contributed by atoms with van der Waals surface area (Å²) >= 11 is 0. The van der Waals surface area contributed by atoms with Gasteiger partial charge in [-0.2, -0.15) is 0 Å². The maximum atomic E-state index is 12.5. The van der Waals surface area contributed by atoms with Crippen LogP contribution in [0.25, 0.3) is 0 Å². The lowest BCUT2D eigenvalue weighted by Gasteiger charge is -2.68. The fourth-order valence-electron chi connectivity index (χ4n) is 5.79. The molecule has 0 unspecified atom stereocenters.